The summed E-state index contributed by atoms with van der Waals surface area (Å²) >= 11 is 5.16. The van der Waals surface area contributed by atoms with E-state index in [1.54, 1.807) is 0 Å². The molecule has 0 aromatic rings. The molecule has 0 aromatic carbocycles. The van der Waals surface area contributed by atoms with Crippen molar-refractivity contribution in [2.24, 2.45) is 17.3 Å². The van der Waals surface area contributed by atoms with Gasteiger partial charge in [0.1, 0.15) is 5.03 Å². The van der Waals surface area contributed by atoms with Crippen LogP contribution in [0.3, 0.4) is 0 Å². The molecule has 1 saturated carbocycles. The molecule has 1 fully saturated rings. The summed E-state index contributed by atoms with van der Waals surface area (Å²) in [6.07, 6.45) is -5.26. The molecule has 0 bridgehead atoms. The van der Waals surface area contributed by atoms with E-state index >= 15 is 0 Å². The molecule has 1 aliphatic rings. The second-order valence-corrected chi connectivity index (χ2v) is 6.66. The fourth-order valence-electron chi connectivity index (χ4n) is 2.47. The van der Waals surface area contributed by atoms with E-state index in [4.69, 9.17) is 22.8 Å². The monoisotopic (exact) mass is 388 g/mol. The molecule has 1 aliphatic carbocycles. The lowest BCUT2D eigenvalue weighted by molar-refractivity contribution is -0.148. The number of hydrogen-bond acceptors (Lipinski definition) is 2. The first-order valence-corrected chi connectivity index (χ1v) is 7.36. The SMILES string of the molecule is C#CC(OC(=O)C1C(/C=C(\Cl)C(F)(F)F)C1(C)C)/C(C)=C/C(F)(F)F. The molecule has 0 radical (unpaired) electrons. The van der Waals surface area contributed by atoms with Gasteiger partial charge in [-0.3, -0.25) is 4.79 Å². The number of esters is 1. The van der Waals surface area contributed by atoms with E-state index in [0.29, 0.717) is 6.08 Å². The zero-order valence-electron chi connectivity index (χ0n) is 13.4. The Morgan fingerprint density at radius 2 is 1.80 bits per heavy atom. The maximum atomic E-state index is 12.5. The molecule has 0 heterocycles. The van der Waals surface area contributed by atoms with Crippen LogP contribution in [0.25, 0.3) is 0 Å². The summed E-state index contributed by atoms with van der Waals surface area (Å²) in [4.78, 5) is 12.1. The molecule has 0 spiro atoms. The minimum absolute atomic E-state index is 0.0965. The van der Waals surface area contributed by atoms with Gasteiger partial charge in [0.25, 0.3) is 0 Å². The van der Waals surface area contributed by atoms with Gasteiger partial charge in [0, 0.05) is 6.08 Å². The molecule has 0 N–H and O–H groups in total. The van der Waals surface area contributed by atoms with Crippen LogP contribution in [0.2, 0.25) is 0 Å². The highest BCUT2D eigenvalue weighted by Gasteiger charge is 2.62. The normalized spacial score (nSPS) is 25.2. The number of halogens is 7. The van der Waals surface area contributed by atoms with E-state index in [0.717, 1.165) is 6.92 Å². The van der Waals surface area contributed by atoms with Crippen molar-refractivity contribution >= 4 is 17.6 Å². The summed E-state index contributed by atoms with van der Waals surface area (Å²) in [6, 6.07) is 0. The Hall–Kier alpha value is -1.62. The molecule has 0 saturated heterocycles. The van der Waals surface area contributed by atoms with Crippen LogP contribution in [0, 0.1) is 29.6 Å². The van der Waals surface area contributed by atoms with Crippen molar-refractivity contribution in [2.75, 3.05) is 0 Å². The largest absolute Gasteiger partial charge is 0.444 e. The predicted molar refractivity (Wildman–Crippen MR) is 79.3 cm³/mol. The lowest BCUT2D eigenvalue weighted by atomic mass is 10.1. The van der Waals surface area contributed by atoms with Crippen molar-refractivity contribution < 1.29 is 35.9 Å². The van der Waals surface area contributed by atoms with Crippen molar-refractivity contribution in [3.8, 4) is 12.3 Å². The molecule has 0 amide bonds. The Kier molecular flexibility index (Phi) is 5.95. The molecule has 3 atom stereocenters. The van der Waals surface area contributed by atoms with Gasteiger partial charge in [-0.15, -0.1) is 6.42 Å². The number of rotatable bonds is 4. The van der Waals surface area contributed by atoms with Gasteiger partial charge in [0.15, 0.2) is 6.10 Å². The lowest BCUT2D eigenvalue weighted by Gasteiger charge is -2.14. The maximum Gasteiger partial charge on any atom is 0.426 e. The van der Waals surface area contributed by atoms with Crippen molar-refractivity contribution in [2.45, 2.75) is 39.2 Å². The summed E-state index contributed by atoms with van der Waals surface area (Å²) in [5, 5.41) is -1.37. The third-order valence-corrected chi connectivity index (χ3v) is 4.29. The second kappa shape index (κ2) is 6.94. The van der Waals surface area contributed by atoms with E-state index in [9.17, 15) is 31.1 Å². The van der Waals surface area contributed by atoms with Crippen LogP contribution in [0.5, 0.6) is 0 Å². The minimum atomic E-state index is -4.75. The van der Waals surface area contributed by atoms with E-state index in [1.165, 1.54) is 13.8 Å². The van der Waals surface area contributed by atoms with Gasteiger partial charge < -0.3 is 4.74 Å². The van der Waals surface area contributed by atoms with E-state index in [2.05, 4.69) is 0 Å². The number of hydrogen-bond donors (Lipinski definition) is 0. The van der Waals surface area contributed by atoms with E-state index < -0.39 is 52.3 Å². The smallest absolute Gasteiger partial charge is 0.426 e. The lowest BCUT2D eigenvalue weighted by Crippen LogP contribution is -2.22. The molecule has 0 aromatic heterocycles. The highest BCUT2D eigenvalue weighted by molar-refractivity contribution is 6.30. The van der Waals surface area contributed by atoms with Crippen molar-refractivity contribution in [3.63, 3.8) is 0 Å². The average molecular weight is 389 g/mol. The molecule has 1 rings (SSSR count). The Morgan fingerprint density at radius 3 is 2.20 bits per heavy atom. The van der Waals surface area contributed by atoms with Crippen molar-refractivity contribution in [3.05, 3.63) is 22.8 Å². The van der Waals surface area contributed by atoms with Gasteiger partial charge >= 0.3 is 18.3 Å². The zero-order chi connectivity index (χ0) is 19.8. The molecule has 140 valence electrons. The highest BCUT2D eigenvalue weighted by atomic mass is 35.5. The fraction of sp³-hybridized carbons (Fsp3) is 0.562. The van der Waals surface area contributed by atoms with Crippen LogP contribution >= 0.6 is 11.6 Å². The molecular weight excluding hydrogens is 374 g/mol. The fourth-order valence-corrected chi connectivity index (χ4v) is 2.61. The third kappa shape index (κ3) is 5.43. The maximum absolute atomic E-state index is 12.5. The van der Waals surface area contributed by atoms with Gasteiger partial charge in [0.2, 0.25) is 0 Å². The minimum Gasteiger partial charge on any atom is -0.444 e. The Morgan fingerprint density at radius 1 is 1.28 bits per heavy atom. The summed E-state index contributed by atoms with van der Waals surface area (Å²) in [6.45, 7) is 4.08. The summed E-state index contributed by atoms with van der Waals surface area (Å²) in [5.74, 6) is -0.913. The Labute approximate surface area is 145 Å². The molecule has 3 unspecified atom stereocenters. The molecule has 9 heteroatoms. The summed E-state index contributed by atoms with van der Waals surface area (Å²) < 4.78 is 79.3. The number of allylic oxidation sites excluding steroid dienone is 3. The average Bonchev–Trinajstić information content (AvgIpc) is 2.93. The third-order valence-electron chi connectivity index (χ3n) is 3.95. The second-order valence-electron chi connectivity index (χ2n) is 6.25. The Balaban J connectivity index is 2.91. The van der Waals surface area contributed by atoms with Gasteiger partial charge in [-0.05, 0) is 23.8 Å². The van der Waals surface area contributed by atoms with Crippen LogP contribution in [0.1, 0.15) is 20.8 Å². The van der Waals surface area contributed by atoms with E-state index in [-0.39, 0.29) is 6.08 Å². The van der Waals surface area contributed by atoms with Crippen LogP contribution < -0.4 is 0 Å². The van der Waals surface area contributed by atoms with Crippen molar-refractivity contribution in [1.29, 1.82) is 0 Å². The molecule has 0 aliphatic heterocycles. The molecule has 25 heavy (non-hydrogen) atoms. The van der Waals surface area contributed by atoms with Crippen LogP contribution in [0.15, 0.2) is 22.8 Å². The number of terminal acetylenes is 1. The van der Waals surface area contributed by atoms with Crippen LogP contribution in [0.4, 0.5) is 26.3 Å². The topological polar surface area (TPSA) is 26.3 Å². The standard InChI is InChI=1S/C16H15ClF6O2/c1-5-10(8(2)7-15(18,19)20)25-13(24)12-9(14(12,3)4)6-11(17)16(21,22)23/h1,6-7,9-10,12H,2-4H3/b8-7+,11-6-. The first-order chi connectivity index (χ1) is 11.1. The Bertz CT molecular complexity index is 636. The quantitative estimate of drug-likeness (QED) is 0.293. The van der Waals surface area contributed by atoms with Crippen molar-refractivity contribution in [1.82, 2.24) is 0 Å². The van der Waals surface area contributed by atoms with Crippen LogP contribution in [-0.4, -0.2) is 24.4 Å². The predicted octanol–water partition coefficient (Wildman–Crippen LogP) is 5.00. The van der Waals surface area contributed by atoms with Gasteiger partial charge in [-0.2, -0.15) is 26.3 Å². The highest BCUT2D eigenvalue weighted by Crippen LogP contribution is 2.60. The van der Waals surface area contributed by atoms with Gasteiger partial charge in [0.05, 0.1) is 5.92 Å². The summed E-state index contributed by atoms with van der Waals surface area (Å²) in [5.41, 5.74) is -1.30. The van der Waals surface area contributed by atoms with Gasteiger partial charge in [-0.25, -0.2) is 0 Å². The molecule has 2 nitrogen and oxygen atoms in total. The first kappa shape index (κ1) is 21.4. The zero-order valence-corrected chi connectivity index (χ0v) is 14.2. The van der Waals surface area contributed by atoms with E-state index in [1.807, 2.05) is 5.92 Å². The van der Waals surface area contributed by atoms with Crippen LogP contribution in [-0.2, 0) is 9.53 Å². The molecular formula is C16H15ClF6O2. The first-order valence-electron chi connectivity index (χ1n) is 6.98. The number of carbonyl (C=O) groups is 1. The number of ether oxygens (including phenoxy) is 1. The number of carbonyl (C=O) groups excluding carboxylic acids is 1. The van der Waals surface area contributed by atoms with Gasteiger partial charge in [-0.1, -0.05) is 37.4 Å². The summed E-state index contributed by atoms with van der Waals surface area (Å²) in [7, 11) is 0. The number of alkyl halides is 6.